The van der Waals surface area contributed by atoms with E-state index in [1.807, 2.05) is 19.2 Å². The van der Waals surface area contributed by atoms with Crippen molar-refractivity contribution in [2.24, 2.45) is 0 Å². The van der Waals surface area contributed by atoms with Crippen molar-refractivity contribution in [1.82, 2.24) is 4.90 Å². The van der Waals surface area contributed by atoms with E-state index < -0.39 is 0 Å². The molecule has 0 spiro atoms. The van der Waals surface area contributed by atoms with Crippen LogP contribution in [0.1, 0.15) is 11.9 Å². The van der Waals surface area contributed by atoms with Crippen LogP contribution in [-0.2, 0) is 0 Å². The minimum atomic E-state index is -0.385. The third kappa shape index (κ3) is 2.14. The highest BCUT2D eigenvalue weighted by atomic mass is 16.6. The maximum Gasteiger partial charge on any atom is 0.269 e. The summed E-state index contributed by atoms with van der Waals surface area (Å²) in [5.41, 5.74) is 1.07. The number of non-ortho nitro benzene ring substituents is 1. The fourth-order valence-electron chi connectivity index (χ4n) is 2.59. The second-order valence-corrected chi connectivity index (χ2v) is 4.84. The summed E-state index contributed by atoms with van der Waals surface area (Å²) in [6.07, 6.45) is 1.70. The molecule has 2 aromatic rings. The van der Waals surface area contributed by atoms with Crippen LogP contribution in [0.25, 0.3) is 0 Å². The van der Waals surface area contributed by atoms with Gasteiger partial charge >= 0.3 is 0 Å². The van der Waals surface area contributed by atoms with Gasteiger partial charge in [0.25, 0.3) is 5.69 Å². The number of rotatable bonds is 3. The summed E-state index contributed by atoms with van der Waals surface area (Å²) >= 11 is 0. The van der Waals surface area contributed by atoms with Gasteiger partial charge in [0, 0.05) is 30.9 Å². The van der Waals surface area contributed by atoms with Gasteiger partial charge in [0.1, 0.15) is 11.9 Å². The Morgan fingerprint density at radius 3 is 2.60 bits per heavy atom. The molecule has 1 atom stereocenters. The number of hydrogen-bond donors (Lipinski definition) is 0. The van der Waals surface area contributed by atoms with Crippen LogP contribution in [-0.4, -0.2) is 30.0 Å². The SMILES string of the molecule is CN1CCN(c2ccc([N+](=O)[O-])cc2)C1c1ccco1. The summed E-state index contributed by atoms with van der Waals surface area (Å²) in [6, 6.07) is 10.5. The first-order chi connectivity index (χ1) is 9.66. The van der Waals surface area contributed by atoms with Crippen LogP contribution in [0, 0.1) is 10.1 Å². The van der Waals surface area contributed by atoms with Gasteiger partial charge in [0.2, 0.25) is 0 Å². The van der Waals surface area contributed by atoms with Crippen molar-refractivity contribution < 1.29 is 9.34 Å². The van der Waals surface area contributed by atoms with Gasteiger partial charge in [-0.3, -0.25) is 15.0 Å². The Morgan fingerprint density at radius 1 is 1.25 bits per heavy atom. The molecule has 2 heterocycles. The number of furan rings is 1. The zero-order chi connectivity index (χ0) is 14.1. The lowest BCUT2D eigenvalue weighted by Crippen LogP contribution is -2.28. The van der Waals surface area contributed by atoms with Crippen molar-refractivity contribution in [3.63, 3.8) is 0 Å². The van der Waals surface area contributed by atoms with E-state index in [-0.39, 0.29) is 16.8 Å². The van der Waals surface area contributed by atoms with Gasteiger partial charge in [-0.1, -0.05) is 0 Å². The average Bonchev–Trinajstić information content (AvgIpc) is 3.07. The van der Waals surface area contributed by atoms with Gasteiger partial charge in [-0.2, -0.15) is 0 Å². The number of nitrogens with zero attached hydrogens (tertiary/aromatic N) is 3. The largest absolute Gasteiger partial charge is 0.466 e. The van der Waals surface area contributed by atoms with Gasteiger partial charge in [-0.25, -0.2) is 0 Å². The van der Waals surface area contributed by atoms with Gasteiger partial charge < -0.3 is 9.32 Å². The van der Waals surface area contributed by atoms with Crippen molar-refractivity contribution in [2.45, 2.75) is 6.17 Å². The van der Waals surface area contributed by atoms with E-state index in [1.54, 1.807) is 18.4 Å². The average molecular weight is 273 g/mol. The first-order valence-corrected chi connectivity index (χ1v) is 6.41. The summed E-state index contributed by atoms with van der Waals surface area (Å²) in [6.45, 7) is 1.78. The predicted molar refractivity (Wildman–Crippen MR) is 74.5 cm³/mol. The lowest BCUT2D eigenvalue weighted by atomic mass is 10.2. The van der Waals surface area contributed by atoms with Crippen LogP contribution < -0.4 is 4.90 Å². The molecule has 6 nitrogen and oxygen atoms in total. The highest BCUT2D eigenvalue weighted by Crippen LogP contribution is 2.34. The van der Waals surface area contributed by atoms with Crippen LogP contribution in [0.4, 0.5) is 11.4 Å². The monoisotopic (exact) mass is 273 g/mol. The molecule has 1 unspecified atom stereocenters. The van der Waals surface area contributed by atoms with Crippen LogP contribution in [0.3, 0.4) is 0 Å². The molecule has 0 aliphatic carbocycles. The molecular weight excluding hydrogens is 258 g/mol. The molecule has 104 valence electrons. The summed E-state index contributed by atoms with van der Waals surface area (Å²) < 4.78 is 5.51. The molecule has 1 aromatic carbocycles. The minimum Gasteiger partial charge on any atom is -0.466 e. The van der Waals surface area contributed by atoms with Crippen molar-refractivity contribution in [3.05, 3.63) is 58.5 Å². The van der Waals surface area contributed by atoms with Gasteiger partial charge in [-0.15, -0.1) is 0 Å². The molecule has 0 bridgehead atoms. The van der Waals surface area contributed by atoms with Crippen LogP contribution in [0.15, 0.2) is 47.1 Å². The second-order valence-electron chi connectivity index (χ2n) is 4.84. The summed E-state index contributed by atoms with van der Waals surface area (Å²) in [5, 5.41) is 10.7. The van der Waals surface area contributed by atoms with Crippen LogP contribution >= 0.6 is 0 Å². The van der Waals surface area contributed by atoms with Crippen molar-refractivity contribution in [2.75, 3.05) is 25.0 Å². The molecule has 0 amide bonds. The third-order valence-electron chi connectivity index (χ3n) is 3.60. The zero-order valence-corrected chi connectivity index (χ0v) is 11.1. The number of nitro groups is 1. The number of nitro benzene ring substituents is 1. The summed E-state index contributed by atoms with van der Waals surface area (Å²) in [7, 11) is 2.04. The van der Waals surface area contributed by atoms with Crippen LogP contribution in [0.2, 0.25) is 0 Å². The Bertz CT molecular complexity index is 595. The molecule has 1 aromatic heterocycles. The van der Waals surface area contributed by atoms with E-state index in [1.165, 1.54) is 12.1 Å². The Hall–Kier alpha value is -2.34. The van der Waals surface area contributed by atoms with E-state index >= 15 is 0 Å². The van der Waals surface area contributed by atoms with E-state index in [0.717, 1.165) is 24.5 Å². The zero-order valence-electron chi connectivity index (χ0n) is 11.1. The fourth-order valence-corrected chi connectivity index (χ4v) is 2.59. The topological polar surface area (TPSA) is 62.8 Å². The first kappa shape index (κ1) is 12.7. The van der Waals surface area contributed by atoms with Crippen LogP contribution in [0.5, 0.6) is 0 Å². The molecule has 3 rings (SSSR count). The standard InChI is InChI=1S/C14H15N3O3/c1-15-8-9-16(14(15)13-3-2-10-20-13)11-4-6-12(7-5-11)17(18)19/h2-7,10,14H,8-9H2,1H3. The quantitative estimate of drug-likeness (QED) is 0.635. The predicted octanol–water partition coefficient (Wildman–Crippen LogP) is 2.64. The normalized spacial score (nSPS) is 19.4. The molecule has 1 saturated heterocycles. The molecule has 1 aliphatic heterocycles. The summed E-state index contributed by atoms with van der Waals surface area (Å²) in [4.78, 5) is 14.7. The Labute approximate surface area is 116 Å². The smallest absolute Gasteiger partial charge is 0.269 e. The highest BCUT2D eigenvalue weighted by molar-refractivity contribution is 5.53. The number of benzene rings is 1. The first-order valence-electron chi connectivity index (χ1n) is 6.41. The minimum absolute atomic E-state index is 0.0338. The molecule has 0 N–H and O–H groups in total. The van der Waals surface area contributed by atoms with Gasteiger partial charge in [0.05, 0.1) is 11.2 Å². The van der Waals surface area contributed by atoms with Crippen molar-refractivity contribution in [1.29, 1.82) is 0 Å². The molecule has 6 heteroatoms. The van der Waals surface area contributed by atoms with Crippen molar-refractivity contribution in [3.8, 4) is 0 Å². The van der Waals surface area contributed by atoms with E-state index in [0.29, 0.717) is 0 Å². The summed E-state index contributed by atoms with van der Waals surface area (Å²) in [5.74, 6) is 0.878. The molecule has 0 radical (unpaired) electrons. The van der Waals surface area contributed by atoms with E-state index in [9.17, 15) is 10.1 Å². The maximum absolute atomic E-state index is 10.7. The molecule has 0 saturated carbocycles. The van der Waals surface area contributed by atoms with E-state index in [2.05, 4.69) is 9.80 Å². The highest BCUT2D eigenvalue weighted by Gasteiger charge is 2.32. The second kappa shape index (κ2) is 4.97. The number of anilines is 1. The van der Waals surface area contributed by atoms with E-state index in [4.69, 9.17) is 4.42 Å². The molecule has 1 fully saturated rings. The maximum atomic E-state index is 10.7. The third-order valence-corrected chi connectivity index (χ3v) is 3.60. The fraction of sp³-hybridized carbons (Fsp3) is 0.286. The van der Waals surface area contributed by atoms with Crippen molar-refractivity contribution >= 4 is 11.4 Å². The Kier molecular flexibility index (Phi) is 3.15. The number of likely N-dealkylation sites (N-methyl/N-ethyl adjacent to an activating group) is 1. The lowest BCUT2D eigenvalue weighted by molar-refractivity contribution is -0.384. The molecule has 1 aliphatic rings. The number of hydrogen-bond acceptors (Lipinski definition) is 5. The Balaban J connectivity index is 1.90. The Morgan fingerprint density at radius 2 is 2.00 bits per heavy atom. The van der Waals surface area contributed by atoms with Gasteiger partial charge in [0.15, 0.2) is 0 Å². The molecular formula is C14H15N3O3. The molecule has 20 heavy (non-hydrogen) atoms. The lowest BCUT2D eigenvalue weighted by Gasteiger charge is -2.27. The van der Waals surface area contributed by atoms with Gasteiger partial charge in [-0.05, 0) is 31.3 Å².